The number of hydrogen-bond acceptors (Lipinski definition) is 6. The fourth-order valence-electron chi connectivity index (χ4n) is 3.14. The van der Waals surface area contributed by atoms with Gasteiger partial charge in [-0.2, -0.15) is 4.98 Å². The first-order valence-corrected chi connectivity index (χ1v) is 9.85. The van der Waals surface area contributed by atoms with Crippen molar-refractivity contribution in [3.05, 3.63) is 41.5 Å². The zero-order valence-corrected chi connectivity index (χ0v) is 14.8. The summed E-state index contributed by atoms with van der Waals surface area (Å²) >= 11 is 1.77. The van der Waals surface area contributed by atoms with Crippen LogP contribution in [-0.4, -0.2) is 33.9 Å². The zero-order valence-electron chi connectivity index (χ0n) is 14.0. The predicted octanol–water partition coefficient (Wildman–Crippen LogP) is 3.81. The molecule has 1 aliphatic heterocycles. The molecule has 128 valence electrons. The van der Waals surface area contributed by atoms with Gasteiger partial charge in [0.05, 0.1) is 6.54 Å². The van der Waals surface area contributed by atoms with Gasteiger partial charge >= 0.3 is 0 Å². The van der Waals surface area contributed by atoms with E-state index in [-0.39, 0.29) is 6.10 Å². The van der Waals surface area contributed by atoms with Gasteiger partial charge in [0.15, 0.2) is 5.82 Å². The van der Waals surface area contributed by atoms with Gasteiger partial charge in [0, 0.05) is 24.1 Å². The molecule has 1 aliphatic carbocycles. The summed E-state index contributed by atoms with van der Waals surface area (Å²) in [5, 5.41) is 4.17. The van der Waals surface area contributed by atoms with Crippen molar-refractivity contribution in [1.29, 1.82) is 0 Å². The summed E-state index contributed by atoms with van der Waals surface area (Å²) in [4.78, 5) is 8.32. The van der Waals surface area contributed by atoms with Crippen molar-refractivity contribution in [2.75, 3.05) is 12.9 Å². The van der Waals surface area contributed by atoms with Crippen molar-refractivity contribution in [1.82, 2.24) is 15.0 Å². The highest BCUT2D eigenvalue weighted by Gasteiger charge is 2.31. The van der Waals surface area contributed by atoms with Crippen LogP contribution in [0, 0.1) is 0 Å². The Morgan fingerprint density at radius 2 is 2.00 bits per heavy atom. The van der Waals surface area contributed by atoms with Crippen molar-refractivity contribution in [3.63, 3.8) is 0 Å². The molecule has 0 spiro atoms. The van der Waals surface area contributed by atoms with E-state index in [2.05, 4.69) is 45.6 Å². The van der Waals surface area contributed by atoms with Crippen LogP contribution in [0.15, 0.2) is 33.7 Å². The highest BCUT2D eigenvalue weighted by Crippen LogP contribution is 2.31. The third-order valence-electron chi connectivity index (χ3n) is 4.64. The molecule has 2 heterocycles. The largest absolute Gasteiger partial charge is 0.368 e. The van der Waals surface area contributed by atoms with E-state index in [1.807, 2.05) is 0 Å². The van der Waals surface area contributed by atoms with Crippen molar-refractivity contribution < 1.29 is 9.26 Å². The first-order chi connectivity index (χ1) is 11.8. The van der Waals surface area contributed by atoms with E-state index in [9.17, 15) is 0 Å². The lowest BCUT2D eigenvalue weighted by Gasteiger charge is -2.20. The van der Waals surface area contributed by atoms with E-state index < -0.39 is 0 Å². The molecule has 0 amide bonds. The molecule has 1 aromatic carbocycles. The summed E-state index contributed by atoms with van der Waals surface area (Å²) < 4.78 is 11.0. The molecule has 4 rings (SSSR count). The van der Waals surface area contributed by atoms with Gasteiger partial charge in [0.1, 0.15) is 6.10 Å². The monoisotopic (exact) mass is 345 g/mol. The summed E-state index contributed by atoms with van der Waals surface area (Å²) in [5.41, 5.74) is 1.34. The molecule has 0 radical (unpaired) electrons. The van der Waals surface area contributed by atoms with Crippen molar-refractivity contribution >= 4 is 11.8 Å². The van der Waals surface area contributed by atoms with Gasteiger partial charge in [-0.3, -0.25) is 4.90 Å². The van der Waals surface area contributed by atoms with E-state index in [0.717, 1.165) is 38.4 Å². The van der Waals surface area contributed by atoms with Gasteiger partial charge < -0.3 is 9.26 Å². The lowest BCUT2D eigenvalue weighted by atomic mass is 10.2. The molecule has 0 bridgehead atoms. The second-order valence-corrected chi connectivity index (χ2v) is 7.41. The molecule has 1 atom stereocenters. The number of rotatable bonds is 7. The third kappa shape index (κ3) is 3.82. The maximum absolute atomic E-state index is 5.62. The summed E-state index contributed by atoms with van der Waals surface area (Å²) in [6.07, 6.45) is 6.68. The Kier molecular flexibility index (Phi) is 4.87. The average molecular weight is 345 g/mol. The van der Waals surface area contributed by atoms with Crippen molar-refractivity contribution in [3.8, 4) is 0 Å². The molecule has 1 aromatic heterocycles. The van der Waals surface area contributed by atoms with Crippen LogP contribution in [0.25, 0.3) is 0 Å². The second-order valence-electron chi connectivity index (χ2n) is 6.53. The number of aromatic nitrogens is 2. The maximum Gasteiger partial charge on any atom is 0.255 e. The molecule has 5 nitrogen and oxygen atoms in total. The van der Waals surface area contributed by atoms with Crippen LogP contribution in [0.3, 0.4) is 0 Å². The first kappa shape index (κ1) is 16.1. The number of hydrogen-bond donors (Lipinski definition) is 0. The molecule has 1 saturated carbocycles. The van der Waals surface area contributed by atoms with Gasteiger partial charge in [-0.15, -0.1) is 11.8 Å². The number of nitrogens with zero attached hydrogens (tertiary/aromatic N) is 3. The second kappa shape index (κ2) is 7.25. The summed E-state index contributed by atoms with van der Waals surface area (Å²) in [5.74, 6) is 1.41. The lowest BCUT2D eigenvalue weighted by molar-refractivity contribution is 0.0835. The zero-order chi connectivity index (χ0) is 16.4. The summed E-state index contributed by atoms with van der Waals surface area (Å²) in [7, 11) is 0. The number of benzene rings is 1. The maximum atomic E-state index is 5.62. The lowest BCUT2D eigenvalue weighted by Crippen LogP contribution is -2.25. The van der Waals surface area contributed by atoms with E-state index in [1.165, 1.54) is 23.3 Å². The molecule has 0 unspecified atom stereocenters. The fraction of sp³-hybridized carbons (Fsp3) is 0.556. The standard InChI is InChI=1S/C18H23N3O2S/c1-24-15-8-4-13(5-9-15)11-21(14-6-7-14)12-17-19-18(23-20-17)16-3-2-10-22-16/h4-5,8-9,14,16H,2-3,6-7,10-12H2,1H3/t16-/m0/s1. The van der Waals surface area contributed by atoms with E-state index in [1.54, 1.807) is 11.8 Å². The van der Waals surface area contributed by atoms with Crippen molar-refractivity contribution in [2.45, 2.75) is 55.8 Å². The van der Waals surface area contributed by atoms with Crippen molar-refractivity contribution in [2.24, 2.45) is 0 Å². The van der Waals surface area contributed by atoms with Crippen LogP contribution in [0.2, 0.25) is 0 Å². The Balaban J connectivity index is 1.41. The van der Waals surface area contributed by atoms with Crippen LogP contribution in [0.1, 0.15) is 49.1 Å². The van der Waals surface area contributed by atoms with Gasteiger partial charge in [0.25, 0.3) is 5.89 Å². The average Bonchev–Trinajstić information content (AvgIpc) is 3.11. The molecule has 1 saturated heterocycles. The van der Waals surface area contributed by atoms with E-state index >= 15 is 0 Å². The smallest absolute Gasteiger partial charge is 0.255 e. The molecular formula is C18H23N3O2S. The topological polar surface area (TPSA) is 51.4 Å². The Morgan fingerprint density at radius 3 is 2.67 bits per heavy atom. The van der Waals surface area contributed by atoms with E-state index in [0.29, 0.717) is 11.9 Å². The Morgan fingerprint density at radius 1 is 1.17 bits per heavy atom. The Hall–Kier alpha value is -1.37. The normalized spacial score (nSPS) is 20.8. The molecule has 24 heavy (non-hydrogen) atoms. The quantitative estimate of drug-likeness (QED) is 0.711. The fourth-order valence-corrected chi connectivity index (χ4v) is 3.54. The molecule has 0 N–H and O–H groups in total. The minimum Gasteiger partial charge on any atom is -0.368 e. The van der Waals surface area contributed by atoms with Crippen LogP contribution < -0.4 is 0 Å². The third-order valence-corrected chi connectivity index (χ3v) is 5.38. The van der Waals surface area contributed by atoms with Crippen LogP contribution in [0.4, 0.5) is 0 Å². The highest BCUT2D eigenvalue weighted by atomic mass is 32.2. The molecule has 2 aromatic rings. The molecular weight excluding hydrogens is 322 g/mol. The van der Waals surface area contributed by atoms with E-state index in [4.69, 9.17) is 9.26 Å². The van der Waals surface area contributed by atoms with Gasteiger partial charge in [-0.1, -0.05) is 17.3 Å². The minimum atomic E-state index is -0.000266. The Bertz CT molecular complexity index is 663. The van der Waals surface area contributed by atoms with Crippen LogP contribution in [0.5, 0.6) is 0 Å². The minimum absolute atomic E-state index is 0.000266. The summed E-state index contributed by atoms with van der Waals surface area (Å²) in [6, 6.07) is 9.46. The Labute approximate surface area is 146 Å². The van der Waals surface area contributed by atoms with Crippen LogP contribution in [-0.2, 0) is 17.8 Å². The predicted molar refractivity (Wildman–Crippen MR) is 92.7 cm³/mol. The molecule has 2 fully saturated rings. The summed E-state index contributed by atoms with van der Waals surface area (Å²) in [6.45, 7) is 2.47. The SMILES string of the molecule is CSc1ccc(CN(Cc2noc([C@@H]3CCCO3)n2)C2CC2)cc1. The number of thioether (sulfide) groups is 1. The number of ether oxygens (including phenoxy) is 1. The molecule has 6 heteroatoms. The first-order valence-electron chi connectivity index (χ1n) is 8.63. The highest BCUT2D eigenvalue weighted by molar-refractivity contribution is 7.98. The van der Waals surface area contributed by atoms with Crippen LogP contribution >= 0.6 is 11.8 Å². The van der Waals surface area contributed by atoms with Gasteiger partial charge in [0.2, 0.25) is 0 Å². The van der Waals surface area contributed by atoms with Gasteiger partial charge in [-0.05, 0) is 49.6 Å². The van der Waals surface area contributed by atoms with Gasteiger partial charge in [-0.25, -0.2) is 0 Å². The molecule has 2 aliphatic rings.